The maximum Gasteiger partial charge on any atom is 0.319 e. The number of nitrogens with zero attached hydrogens (tertiary/aromatic N) is 1. The number of carbonyl (C=O) groups is 1. The molecule has 0 spiro atoms. The smallest absolute Gasteiger partial charge is 0.319 e. The molecule has 1 saturated carbocycles. The number of hydrogen-bond donors (Lipinski definition) is 2. The van der Waals surface area contributed by atoms with Gasteiger partial charge in [0.05, 0.1) is 6.61 Å². The topological polar surface area (TPSA) is 74.8 Å². The number of ether oxygens (including phenoxy) is 2. The highest BCUT2D eigenvalue weighted by Crippen LogP contribution is 2.55. The minimum absolute atomic E-state index is 0.0519. The van der Waals surface area contributed by atoms with Crippen LogP contribution in [0.4, 0.5) is 0 Å². The Hall–Kier alpha value is -1.89. The predicted molar refractivity (Wildman–Crippen MR) is 110 cm³/mol. The molecule has 1 aliphatic carbocycles. The third-order valence-corrected chi connectivity index (χ3v) is 7.37. The summed E-state index contributed by atoms with van der Waals surface area (Å²) >= 11 is 0. The molecule has 3 fully saturated rings. The molecule has 4 aliphatic rings. The molecule has 4 heterocycles. The molecule has 156 valence electrons. The van der Waals surface area contributed by atoms with Crippen molar-refractivity contribution in [3.05, 3.63) is 35.5 Å². The molecule has 0 amide bonds. The average molecular weight is 399 g/mol. The fourth-order valence-corrected chi connectivity index (χ4v) is 6.51. The SMILES string of the molecule is COCC[C@H]1CC2CN3CCc4c([nH]c5ccccc45)[C@](C(=O)OCCO)(C2)[C@H]13. The Labute approximate surface area is 171 Å². The summed E-state index contributed by atoms with van der Waals surface area (Å²) < 4.78 is 11.1. The number of aromatic nitrogens is 1. The van der Waals surface area contributed by atoms with Crippen molar-refractivity contribution in [2.45, 2.75) is 37.1 Å². The molecule has 6 heteroatoms. The summed E-state index contributed by atoms with van der Waals surface area (Å²) in [6.07, 6.45) is 3.87. The Balaban J connectivity index is 1.68. The molecule has 2 N–H and O–H groups in total. The van der Waals surface area contributed by atoms with Gasteiger partial charge < -0.3 is 19.6 Å². The van der Waals surface area contributed by atoms with Gasteiger partial charge in [-0.1, -0.05) is 18.2 Å². The minimum Gasteiger partial charge on any atom is -0.462 e. The van der Waals surface area contributed by atoms with E-state index in [1.165, 1.54) is 10.9 Å². The van der Waals surface area contributed by atoms with Crippen LogP contribution >= 0.6 is 0 Å². The van der Waals surface area contributed by atoms with E-state index in [-0.39, 0.29) is 25.2 Å². The first kappa shape index (κ1) is 19.1. The molecular formula is C23H30N2O4. The van der Waals surface area contributed by atoms with Crippen molar-refractivity contribution >= 4 is 16.9 Å². The summed E-state index contributed by atoms with van der Waals surface area (Å²) in [6.45, 7) is 2.64. The number of aliphatic hydroxyl groups is 1. The standard InChI is InChI=1S/C23H30N2O4/c1-28-10-7-16-12-15-13-23(22(27)29-11-9-26)20-18(6-8-25(14-15)21(16)23)17-4-2-3-5-19(17)24-20/h2-5,15-16,21,24,26H,6-14H2,1H3/t15?,16-,21-,23+/m0/s1. The number of para-hydroxylation sites is 1. The van der Waals surface area contributed by atoms with Crippen molar-refractivity contribution in [3.8, 4) is 0 Å². The molecule has 2 saturated heterocycles. The first-order chi connectivity index (χ1) is 14.2. The first-order valence-corrected chi connectivity index (χ1v) is 10.8. The quantitative estimate of drug-likeness (QED) is 0.730. The maximum absolute atomic E-state index is 13.7. The lowest BCUT2D eigenvalue weighted by Gasteiger charge is -2.58. The van der Waals surface area contributed by atoms with Crippen LogP contribution in [-0.2, 0) is 26.1 Å². The number of piperidine rings is 2. The van der Waals surface area contributed by atoms with Gasteiger partial charge in [-0.05, 0) is 49.1 Å². The van der Waals surface area contributed by atoms with Gasteiger partial charge in [0, 0.05) is 49.4 Å². The molecule has 3 aliphatic heterocycles. The number of fused-ring (bicyclic) bond motifs is 4. The van der Waals surface area contributed by atoms with Crippen molar-refractivity contribution in [2.24, 2.45) is 11.8 Å². The highest BCUT2D eigenvalue weighted by molar-refractivity contribution is 5.91. The zero-order valence-corrected chi connectivity index (χ0v) is 17.0. The van der Waals surface area contributed by atoms with Crippen LogP contribution in [0.1, 0.15) is 30.5 Å². The maximum atomic E-state index is 13.7. The second-order valence-corrected chi connectivity index (χ2v) is 8.89. The minimum atomic E-state index is -0.695. The van der Waals surface area contributed by atoms with E-state index < -0.39 is 5.41 Å². The number of rotatable bonds is 6. The lowest BCUT2D eigenvalue weighted by atomic mass is 9.56. The lowest BCUT2D eigenvalue weighted by molar-refractivity contribution is -0.166. The molecule has 2 unspecified atom stereocenters. The normalized spacial score (nSPS) is 32.8. The molecule has 2 aromatic rings. The van der Waals surface area contributed by atoms with E-state index in [0.29, 0.717) is 18.4 Å². The number of methoxy groups -OCH3 is 1. The summed E-state index contributed by atoms with van der Waals surface area (Å²) in [7, 11) is 1.75. The number of aliphatic hydroxyl groups excluding tert-OH is 1. The monoisotopic (exact) mass is 398 g/mol. The van der Waals surface area contributed by atoms with Crippen LogP contribution in [0.15, 0.2) is 24.3 Å². The number of esters is 1. The molecule has 1 aromatic carbocycles. The number of carbonyl (C=O) groups excluding carboxylic acids is 1. The van der Waals surface area contributed by atoms with Gasteiger partial charge >= 0.3 is 5.97 Å². The zero-order valence-electron chi connectivity index (χ0n) is 17.0. The van der Waals surface area contributed by atoms with E-state index in [1.54, 1.807) is 7.11 Å². The van der Waals surface area contributed by atoms with E-state index in [4.69, 9.17) is 9.47 Å². The number of nitrogens with one attached hydrogen (secondary N) is 1. The second kappa shape index (κ2) is 7.42. The lowest BCUT2D eigenvalue weighted by Crippen LogP contribution is -2.67. The van der Waals surface area contributed by atoms with Gasteiger partial charge in [0.1, 0.15) is 12.0 Å². The van der Waals surface area contributed by atoms with Gasteiger partial charge in [-0.25, -0.2) is 0 Å². The molecule has 4 bridgehead atoms. The number of H-pyrrole nitrogens is 1. The molecular weight excluding hydrogens is 368 g/mol. The predicted octanol–water partition coefficient (Wildman–Crippen LogP) is 2.24. The zero-order chi connectivity index (χ0) is 20.0. The molecule has 29 heavy (non-hydrogen) atoms. The Morgan fingerprint density at radius 3 is 3.03 bits per heavy atom. The van der Waals surface area contributed by atoms with E-state index in [1.807, 2.05) is 6.07 Å². The first-order valence-electron chi connectivity index (χ1n) is 10.8. The fraction of sp³-hybridized carbons (Fsp3) is 0.609. The largest absolute Gasteiger partial charge is 0.462 e. The Morgan fingerprint density at radius 1 is 1.34 bits per heavy atom. The van der Waals surface area contributed by atoms with Gasteiger partial charge in [0.25, 0.3) is 0 Å². The number of hydrogen-bond acceptors (Lipinski definition) is 5. The van der Waals surface area contributed by atoms with Crippen LogP contribution in [0.25, 0.3) is 10.9 Å². The van der Waals surface area contributed by atoms with Crippen molar-refractivity contribution < 1.29 is 19.4 Å². The van der Waals surface area contributed by atoms with Crippen LogP contribution in [0, 0.1) is 11.8 Å². The van der Waals surface area contributed by atoms with Crippen molar-refractivity contribution in [2.75, 3.05) is 40.0 Å². The highest BCUT2D eigenvalue weighted by atomic mass is 16.5. The summed E-state index contributed by atoms with van der Waals surface area (Å²) in [4.78, 5) is 19.9. The van der Waals surface area contributed by atoms with E-state index in [2.05, 4.69) is 28.1 Å². The molecule has 0 radical (unpaired) electrons. The molecule has 6 nitrogen and oxygen atoms in total. The highest BCUT2D eigenvalue weighted by Gasteiger charge is 2.63. The van der Waals surface area contributed by atoms with Gasteiger partial charge in [-0.15, -0.1) is 0 Å². The van der Waals surface area contributed by atoms with Crippen LogP contribution in [-0.4, -0.2) is 67.0 Å². The molecule has 6 rings (SSSR count). The Morgan fingerprint density at radius 2 is 2.21 bits per heavy atom. The van der Waals surface area contributed by atoms with Gasteiger partial charge in [0.15, 0.2) is 0 Å². The summed E-state index contributed by atoms with van der Waals surface area (Å²) in [5.74, 6) is 0.699. The fourth-order valence-electron chi connectivity index (χ4n) is 6.51. The summed E-state index contributed by atoms with van der Waals surface area (Å²) in [5, 5.41) is 10.5. The van der Waals surface area contributed by atoms with Gasteiger partial charge in [-0.2, -0.15) is 0 Å². The Bertz CT molecular complexity index is 909. The van der Waals surface area contributed by atoms with Crippen LogP contribution in [0.5, 0.6) is 0 Å². The van der Waals surface area contributed by atoms with Crippen molar-refractivity contribution in [1.82, 2.24) is 9.88 Å². The molecule has 1 aromatic heterocycles. The number of benzene rings is 1. The van der Waals surface area contributed by atoms with Crippen LogP contribution in [0.2, 0.25) is 0 Å². The second-order valence-electron chi connectivity index (χ2n) is 8.89. The van der Waals surface area contributed by atoms with Gasteiger partial charge in [0.2, 0.25) is 0 Å². The van der Waals surface area contributed by atoms with E-state index in [9.17, 15) is 9.90 Å². The number of aromatic amines is 1. The third kappa shape index (κ3) is 2.84. The summed E-state index contributed by atoms with van der Waals surface area (Å²) in [5.41, 5.74) is 2.72. The average Bonchev–Trinajstić information content (AvgIpc) is 3.09. The Kier molecular flexibility index (Phi) is 4.88. The van der Waals surface area contributed by atoms with Crippen molar-refractivity contribution in [3.63, 3.8) is 0 Å². The van der Waals surface area contributed by atoms with Gasteiger partial charge in [-0.3, -0.25) is 9.69 Å². The van der Waals surface area contributed by atoms with Crippen molar-refractivity contribution in [1.29, 1.82) is 0 Å². The molecule has 5 atom stereocenters. The third-order valence-electron chi connectivity index (χ3n) is 7.37. The van der Waals surface area contributed by atoms with E-state index in [0.717, 1.165) is 50.0 Å². The van der Waals surface area contributed by atoms with Crippen LogP contribution < -0.4 is 0 Å². The van der Waals surface area contributed by atoms with Crippen LogP contribution in [0.3, 0.4) is 0 Å². The van der Waals surface area contributed by atoms with E-state index >= 15 is 0 Å². The summed E-state index contributed by atoms with van der Waals surface area (Å²) in [6, 6.07) is 8.47.